The molecule has 4 rings (SSSR count). The Hall–Kier alpha value is -2.67. The number of hydrogen-bond donors (Lipinski definition) is 2. The number of hydrogen-bond acceptors (Lipinski definition) is 6. The Morgan fingerprint density at radius 3 is 2.46 bits per heavy atom. The van der Waals surface area contributed by atoms with E-state index in [0.29, 0.717) is 17.6 Å². The van der Waals surface area contributed by atoms with Crippen LogP contribution in [0.25, 0.3) is 0 Å². The fraction of sp³-hybridized carbons (Fsp3) is 0.476. The second kappa shape index (κ2) is 8.56. The van der Waals surface area contributed by atoms with E-state index in [4.69, 9.17) is 10.1 Å². The first-order chi connectivity index (χ1) is 13.7. The Morgan fingerprint density at radius 2 is 1.79 bits per heavy atom. The molecule has 1 aromatic heterocycles. The summed E-state index contributed by atoms with van der Waals surface area (Å²) in [5.41, 5.74) is 1.45. The molecular formula is C21H27N5O2. The zero-order chi connectivity index (χ0) is 19.3. The maximum absolute atomic E-state index is 10.9. The summed E-state index contributed by atoms with van der Waals surface area (Å²) in [4.78, 5) is 24.7. The van der Waals surface area contributed by atoms with Gasteiger partial charge in [-0.25, -0.2) is 9.78 Å². The molecule has 28 heavy (non-hydrogen) atoms. The first kappa shape index (κ1) is 18.7. The molecule has 148 valence electrons. The Morgan fingerprint density at radius 1 is 1.07 bits per heavy atom. The molecule has 2 aromatic rings. The van der Waals surface area contributed by atoms with Crippen LogP contribution in [0.5, 0.6) is 0 Å². The van der Waals surface area contributed by atoms with Crippen LogP contribution in [0, 0.1) is 0 Å². The number of nitrogens with zero attached hydrogens (tertiary/aromatic N) is 4. The predicted octanol–water partition coefficient (Wildman–Crippen LogP) is 2.85. The van der Waals surface area contributed by atoms with Gasteiger partial charge in [0.25, 0.3) is 0 Å². The Balaban J connectivity index is 1.27. The lowest BCUT2D eigenvalue weighted by Crippen LogP contribution is -2.54. The minimum absolute atomic E-state index is 0.327. The average Bonchev–Trinajstić information content (AvgIpc) is 2.96. The second-order valence-corrected chi connectivity index (χ2v) is 7.68. The number of carboxylic acids is 1. The lowest BCUT2D eigenvalue weighted by atomic mass is 10.1. The molecule has 2 aliphatic rings. The van der Waals surface area contributed by atoms with E-state index in [1.54, 1.807) is 12.1 Å². The first-order valence-electron chi connectivity index (χ1n) is 10.1. The number of rotatable bonds is 6. The average molecular weight is 381 g/mol. The van der Waals surface area contributed by atoms with Gasteiger partial charge in [0.1, 0.15) is 5.82 Å². The molecule has 0 spiro atoms. The van der Waals surface area contributed by atoms with Crippen LogP contribution >= 0.6 is 0 Å². The summed E-state index contributed by atoms with van der Waals surface area (Å²) >= 11 is 0. The lowest BCUT2D eigenvalue weighted by molar-refractivity contribution is 0.0697. The van der Waals surface area contributed by atoms with E-state index < -0.39 is 5.97 Å². The molecule has 0 amide bonds. The molecule has 0 radical (unpaired) electrons. The Kier molecular flexibility index (Phi) is 5.71. The Bertz CT molecular complexity index is 797. The molecule has 2 N–H and O–H groups in total. The number of likely N-dealkylation sites (tertiary alicyclic amines) is 1. The third kappa shape index (κ3) is 4.59. The molecule has 0 atom stereocenters. The number of carbonyl (C=O) groups is 1. The fourth-order valence-electron chi connectivity index (χ4n) is 3.88. The van der Waals surface area contributed by atoms with E-state index in [2.05, 4.69) is 20.1 Å². The molecule has 2 aliphatic heterocycles. The van der Waals surface area contributed by atoms with Gasteiger partial charge in [0, 0.05) is 38.9 Å². The van der Waals surface area contributed by atoms with E-state index in [0.717, 1.165) is 44.1 Å². The smallest absolute Gasteiger partial charge is 0.335 e. The minimum atomic E-state index is -0.887. The van der Waals surface area contributed by atoms with Crippen molar-refractivity contribution in [2.45, 2.75) is 38.3 Å². The molecular weight excluding hydrogens is 354 g/mol. The highest BCUT2D eigenvalue weighted by atomic mass is 16.4. The maximum atomic E-state index is 10.9. The largest absolute Gasteiger partial charge is 0.478 e. The first-order valence-corrected chi connectivity index (χ1v) is 10.1. The molecule has 3 heterocycles. The molecule has 0 unspecified atom stereocenters. The van der Waals surface area contributed by atoms with E-state index >= 15 is 0 Å². The van der Waals surface area contributed by atoms with Crippen molar-refractivity contribution < 1.29 is 9.90 Å². The zero-order valence-electron chi connectivity index (χ0n) is 16.0. The number of nitrogens with one attached hydrogen (secondary N) is 1. The third-order valence-corrected chi connectivity index (χ3v) is 5.47. The molecule has 2 saturated heterocycles. The van der Waals surface area contributed by atoms with Crippen LogP contribution in [-0.4, -0.2) is 58.2 Å². The summed E-state index contributed by atoms with van der Waals surface area (Å²) in [7, 11) is 0. The van der Waals surface area contributed by atoms with Crippen LogP contribution in [0.1, 0.15) is 41.6 Å². The van der Waals surface area contributed by atoms with Crippen molar-refractivity contribution in [3.8, 4) is 0 Å². The van der Waals surface area contributed by atoms with Gasteiger partial charge in [0.2, 0.25) is 5.95 Å². The third-order valence-electron chi connectivity index (χ3n) is 5.47. The van der Waals surface area contributed by atoms with Crippen LogP contribution in [0.3, 0.4) is 0 Å². The molecule has 7 nitrogen and oxygen atoms in total. The summed E-state index contributed by atoms with van der Waals surface area (Å²) < 4.78 is 0. The quantitative estimate of drug-likeness (QED) is 0.796. The van der Waals surface area contributed by atoms with Crippen LogP contribution < -0.4 is 10.2 Å². The maximum Gasteiger partial charge on any atom is 0.335 e. The highest BCUT2D eigenvalue weighted by molar-refractivity contribution is 5.87. The number of carboxylic acid groups (broad SMARTS) is 1. The van der Waals surface area contributed by atoms with Crippen molar-refractivity contribution in [2.24, 2.45) is 0 Å². The summed E-state index contributed by atoms with van der Waals surface area (Å²) in [6.07, 6.45) is 6.93. The van der Waals surface area contributed by atoms with Gasteiger partial charge in [-0.2, -0.15) is 4.98 Å². The molecule has 0 aliphatic carbocycles. The molecule has 0 bridgehead atoms. The van der Waals surface area contributed by atoms with E-state index in [1.165, 1.54) is 25.7 Å². The molecule has 1 aromatic carbocycles. The molecule has 7 heteroatoms. The summed E-state index contributed by atoms with van der Waals surface area (Å²) in [6.45, 7) is 4.84. The number of aromatic carboxylic acids is 1. The van der Waals surface area contributed by atoms with Gasteiger partial charge in [-0.1, -0.05) is 25.0 Å². The van der Waals surface area contributed by atoms with Crippen molar-refractivity contribution >= 4 is 17.7 Å². The highest BCUT2D eigenvalue weighted by Gasteiger charge is 2.27. The normalized spacial score (nSPS) is 18.4. The number of anilines is 2. The van der Waals surface area contributed by atoms with Gasteiger partial charge in [-0.05, 0) is 36.6 Å². The van der Waals surface area contributed by atoms with Gasteiger partial charge in [-0.15, -0.1) is 0 Å². The van der Waals surface area contributed by atoms with E-state index in [1.807, 2.05) is 24.4 Å². The SMILES string of the molecule is O=C(O)c1ccc(CN2CC(Nc3nccc(N4CCCCCC4)n3)C2)cc1. The van der Waals surface area contributed by atoms with Crippen LogP contribution in [0.15, 0.2) is 36.5 Å². The summed E-state index contributed by atoms with van der Waals surface area (Å²) in [6, 6.07) is 9.45. The minimum Gasteiger partial charge on any atom is -0.478 e. The molecule has 0 saturated carbocycles. The van der Waals surface area contributed by atoms with Gasteiger partial charge >= 0.3 is 5.97 Å². The van der Waals surface area contributed by atoms with E-state index in [-0.39, 0.29) is 0 Å². The number of benzene rings is 1. The van der Waals surface area contributed by atoms with Gasteiger partial charge in [-0.3, -0.25) is 4.90 Å². The standard InChI is InChI=1S/C21H27N5O2/c27-20(28)17-7-5-16(6-8-17)13-25-14-18(15-25)23-21-22-10-9-19(24-21)26-11-3-1-2-4-12-26/h5-10,18H,1-4,11-15H2,(H,27,28)(H,22,23,24). The monoisotopic (exact) mass is 381 g/mol. The van der Waals surface area contributed by atoms with Crippen molar-refractivity contribution in [1.29, 1.82) is 0 Å². The topological polar surface area (TPSA) is 81.6 Å². The van der Waals surface area contributed by atoms with Gasteiger partial charge in [0.15, 0.2) is 0 Å². The Labute approximate surface area is 165 Å². The van der Waals surface area contributed by atoms with Crippen molar-refractivity contribution in [1.82, 2.24) is 14.9 Å². The van der Waals surface area contributed by atoms with Gasteiger partial charge < -0.3 is 15.3 Å². The van der Waals surface area contributed by atoms with Crippen molar-refractivity contribution in [3.63, 3.8) is 0 Å². The van der Waals surface area contributed by atoms with E-state index in [9.17, 15) is 4.79 Å². The molecule has 2 fully saturated rings. The summed E-state index contributed by atoms with van der Waals surface area (Å²) in [5, 5.41) is 12.4. The lowest BCUT2D eigenvalue weighted by Gasteiger charge is -2.39. The second-order valence-electron chi connectivity index (χ2n) is 7.68. The predicted molar refractivity (Wildman–Crippen MR) is 109 cm³/mol. The number of aromatic nitrogens is 2. The van der Waals surface area contributed by atoms with Crippen LogP contribution in [-0.2, 0) is 6.54 Å². The highest BCUT2D eigenvalue weighted by Crippen LogP contribution is 2.20. The van der Waals surface area contributed by atoms with Gasteiger partial charge in [0.05, 0.1) is 11.6 Å². The summed E-state index contributed by atoms with van der Waals surface area (Å²) in [5.74, 6) is 0.841. The van der Waals surface area contributed by atoms with Crippen LogP contribution in [0.2, 0.25) is 0 Å². The fourth-order valence-corrected chi connectivity index (χ4v) is 3.88. The van der Waals surface area contributed by atoms with Crippen molar-refractivity contribution in [3.05, 3.63) is 47.7 Å². The van der Waals surface area contributed by atoms with Crippen molar-refractivity contribution in [2.75, 3.05) is 36.4 Å². The zero-order valence-corrected chi connectivity index (χ0v) is 16.0. The van der Waals surface area contributed by atoms with Crippen LogP contribution in [0.4, 0.5) is 11.8 Å².